The molecule has 0 fully saturated rings. The fourth-order valence-corrected chi connectivity index (χ4v) is 1.33. The Morgan fingerprint density at radius 3 is 2.67 bits per heavy atom. The molecule has 0 aromatic carbocycles. The second-order valence-corrected chi connectivity index (χ2v) is 3.70. The Morgan fingerprint density at radius 2 is 2.20 bits per heavy atom. The maximum atomic E-state index is 5.64. The second-order valence-electron chi connectivity index (χ2n) is 3.43. The summed E-state index contributed by atoms with van der Waals surface area (Å²) >= 11 is 5.64. The van der Waals surface area contributed by atoms with Crippen molar-refractivity contribution in [3.05, 3.63) is 17.8 Å². The molecule has 1 rings (SSSR count). The maximum absolute atomic E-state index is 5.64. The zero-order chi connectivity index (χ0) is 11.3. The molecule has 15 heavy (non-hydrogen) atoms. The van der Waals surface area contributed by atoms with E-state index < -0.39 is 0 Å². The van der Waals surface area contributed by atoms with Gasteiger partial charge in [-0.3, -0.25) is 0 Å². The van der Waals surface area contributed by atoms with Crippen LogP contribution in [0.5, 0.6) is 0 Å². The summed E-state index contributed by atoms with van der Waals surface area (Å²) in [7, 11) is 3.65. The van der Waals surface area contributed by atoms with Gasteiger partial charge in [-0.2, -0.15) is 5.10 Å². The number of halogens is 1. The number of anilines is 1. The molecule has 1 atom stereocenters. The summed E-state index contributed by atoms with van der Waals surface area (Å²) in [6.45, 7) is 2.73. The molecule has 1 unspecified atom stereocenters. The molecule has 0 saturated heterocycles. The summed E-state index contributed by atoms with van der Waals surface area (Å²) in [5, 5.41) is 8.09. The lowest BCUT2D eigenvalue weighted by atomic mass is 10.3. The monoisotopic (exact) mass is 229 g/mol. The van der Waals surface area contributed by atoms with Gasteiger partial charge in [0, 0.05) is 14.2 Å². The molecule has 0 aliphatic carbocycles. The molecule has 0 radical (unpaired) electrons. The van der Waals surface area contributed by atoms with E-state index in [2.05, 4.69) is 17.1 Å². The molecule has 4 nitrogen and oxygen atoms in total. The van der Waals surface area contributed by atoms with Crippen molar-refractivity contribution >= 4 is 17.4 Å². The van der Waals surface area contributed by atoms with Gasteiger partial charge in [0.15, 0.2) is 5.82 Å². The van der Waals surface area contributed by atoms with Gasteiger partial charge in [0.05, 0.1) is 24.2 Å². The Kier molecular flexibility index (Phi) is 4.78. The standard InChI is InChI=1S/C10H16ClN3O/c1-8(7-15-3)14(2)10-5-4-9(6-11)12-13-10/h4-5,8H,6-7H2,1-3H3. The molecule has 84 valence electrons. The lowest BCUT2D eigenvalue weighted by Crippen LogP contribution is -2.33. The molecule has 0 amide bonds. The fraction of sp³-hybridized carbons (Fsp3) is 0.600. The number of rotatable bonds is 5. The fourth-order valence-electron chi connectivity index (χ4n) is 1.19. The van der Waals surface area contributed by atoms with Crippen LogP contribution in [-0.4, -0.2) is 37.0 Å². The first-order chi connectivity index (χ1) is 7.19. The molecule has 0 saturated carbocycles. The molecule has 1 aromatic heterocycles. The van der Waals surface area contributed by atoms with Crippen LogP contribution in [0.3, 0.4) is 0 Å². The summed E-state index contributed by atoms with van der Waals surface area (Å²) in [6, 6.07) is 4.06. The third kappa shape index (κ3) is 3.32. The van der Waals surface area contributed by atoms with E-state index in [-0.39, 0.29) is 6.04 Å². The van der Waals surface area contributed by atoms with Gasteiger partial charge in [-0.15, -0.1) is 16.7 Å². The number of aromatic nitrogens is 2. The Balaban J connectivity index is 2.69. The molecule has 0 bridgehead atoms. The van der Waals surface area contributed by atoms with Crippen molar-refractivity contribution in [3.8, 4) is 0 Å². The zero-order valence-corrected chi connectivity index (χ0v) is 10.0. The average molecular weight is 230 g/mol. The third-order valence-electron chi connectivity index (χ3n) is 2.27. The number of alkyl halides is 1. The summed E-state index contributed by atoms with van der Waals surface area (Å²) in [5.74, 6) is 1.22. The zero-order valence-electron chi connectivity index (χ0n) is 9.27. The van der Waals surface area contributed by atoms with Crippen molar-refractivity contribution in [2.75, 3.05) is 25.7 Å². The highest BCUT2D eigenvalue weighted by molar-refractivity contribution is 6.16. The number of likely N-dealkylation sites (N-methyl/N-ethyl adjacent to an activating group) is 1. The van der Waals surface area contributed by atoms with Crippen LogP contribution in [-0.2, 0) is 10.6 Å². The highest BCUT2D eigenvalue weighted by atomic mass is 35.5. The summed E-state index contributed by atoms with van der Waals surface area (Å²) in [5.41, 5.74) is 0.785. The van der Waals surface area contributed by atoms with E-state index in [4.69, 9.17) is 16.3 Å². The van der Waals surface area contributed by atoms with Gasteiger partial charge in [-0.05, 0) is 19.1 Å². The molecular weight excluding hydrogens is 214 g/mol. The highest BCUT2D eigenvalue weighted by Crippen LogP contribution is 2.11. The lowest BCUT2D eigenvalue weighted by Gasteiger charge is -2.24. The second kappa shape index (κ2) is 5.88. The predicted molar refractivity (Wildman–Crippen MR) is 61.3 cm³/mol. The van der Waals surface area contributed by atoms with E-state index in [0.717, 1.165) is 11.5 Å². The molecule has 1 heterocycles. The van der Waals surface area contributed by atoms with E-state index in [0.29, 0.717) is 12.5 Å². The Bertz CT molecular complexity index is 291. The normalized spacial score (nSPS) is 12.5. The quantitative estimate of drug-likeness (QED) is 0.721. The van der Waals surface area contributed by atoms with Crippen molar-refractivity contribution in [3.63, 3.8) is 0 Å². The number of hydrogen-bond donors (Lipinski definition) is 0. The molecule has 5 heteroatoms. The van der Waals surface area contributed by atoms with E-state index in [9.17, 15) is 0 Å². The van der Waals surface area contributed by atoms with Gasteiger partial charge >= 0.3 is 0 Å². The predicted octanol–water partition coefficient (Wildman–Crippen LogP) is 1.69. The number of hydrogen-bond acceptors (Lipinski definition) is 4. The molecular formula is C10H16ClN3O. The van der Waals surface area contributed by atoms with E-state index in [1.54, 1.807) is 7.11 Å². The Hall–Kier alpha value is -0.870. The van der Waals surface area contributed by atoms with Gasteiger partial charge in [0.2, 0.25) is 0 Å². The SMILES string of the molecule is COCC(C)N(C)c1ccc(CCl)nn1. The van der Waals surface area contributed by atoms with E-state index in [1.807, 2.05) is 24.1 Å². The van der Waals surface area contributed by atoms with Gasteiger partial charge < -0.3 is 9.64 Å². The van der Waals surface area contributed by atoms with E-state index >= 15 is 0 Å². The Morgan fingerprint density at radius 1 is 1.47 bits per heavy atom. The van der Waals surface area contributed by atoms with Crippen molar-refractivity contribution in [1.29, 1.82) is 0 Å². The maximum Gasteiger partial charge on any atom is 0.151 e. The first-order valence-corrected chi connectivity index (χ1v) is 5.32. The molecule has 0 spiro atoms. The topological polar surface area (TPSA) is 38.2 Å². The van der Waals surface area contributed by atoms with Crippen LogP contribution in [0, 0.1) is 0 Å². The minimum atomic E-state index is 0.270. The minimum absolute atomic E-state index is 0.270. The van der Waals surface area contributed by atoms with Crippen molar-refractivity contribution in [1.82, 2.24) is 10.2 Å². The van der Waals surface area contributed by atoms with Crippen molar-refractivity contribution in [2.45, 2.75) is 18.8 Å². The lowest BCUT2D eigenvalue weighted by molar-refractivity contribution is 0.183. The Labute approximate surface area is 95.2 Å². The molecule has 0 aliphatic rings. The molecule has 1 aromatic rings. The number of nitrogens with zero attached hydrogens (tertiary/aromatic N) is 3. The van der Waals surface area contributed by atoms with Gasteiger partial charge in [-0.1, -0.05) is 0 Å². The molecule has 0 N–H and O–H groups in total. The number of ether oxygens (including phenoxy) is 1. The van der Waals surface area contributed by atoms with Crippen LogP contribution in [0.4, 0.5) is 5.82 Å². The average Bonchev–Trinajstić information content (AvgIpc) is 2.28. The first kappa shape index (κ1) is 12.2. The smallest absolute Gasteiger partial charge is 0.151 e. The van der Waals surface area contributed by atoms with Gasteiger partial charge in [0.25, 0.3) is 0 Å². The molecule has 0 aliphatic heterocycles. The van der Waals surface area contributed by atoms with E-state index in [1.165, 1.54) is 0 Å². The third-order valence-corrected chi connectivity index (χ3v) is 2.55. The van der Waals surface area contributed by atoms with Crippen molar-refractivity contribution < 1.29 is 4.74 Å². The van der Waals surface area contributed by atoms with Crippen LogP contribution in [0.2, 0.25) is 0 Å². The summed E-state index contributed by atoms with van der Waals surface area (Å²) < 4.78 is 5.08. The summed E-state index contributed by atoms with van der Waals surface area (Å²) in [4.78, 5) is 2.02. The highest BCUT2D eigenvalue weighted by Gasteiger charge is 2.10. The number of methoxy groups -OCH3 is 1. The summed E-state index contributed by atoms with van der Waals surface area (Å²) in [6.07, 6.45) is 0. The van der Waals surface area contributed by atoms with Crippen LogP contribution in [0.1, 0.15) is 12.6 Å². The van der Waals surface area contributed by atoms with Crippen LogP contribution in [0.15, 0.2) is 12.1 Å². The first-order valence-electron chi connectivity index (χ1n) is 4.79. The minimum Gasteiger partial charge on any atom is -0.383 e. The van der Waals surface area contributed by atoms with Crippen LogP contribution < -0.4 is 4.90 Å². The van der Waals surface area contributed by atoms with Crippen LogP contribution >= 0.6 is 11.6 Å². The largest absolute Gasteiger partial charge is 0.383 e. The van der Waals surface area contributed by atoms with Gasteiger partial charge in [0.1, 0.15) is 0 Å². The van der Waals surface area contributed by atoms with Crippen LogP contribution in [0.25, 0.3) is 0 Å². The van der Waals surface area contributed by atoms with Gasteiger partial charge in [-0.25, -0.2) is 0 Å². The van der Waals surface area contributed by atoms with Crippen molar-refractivity contribution in [2.24, 2.45) is 0 Å².